The molecular weight excluding hydrogens is 334 g/mol. The van der Waals surface area contributed by atoms with Crippen molar-refractivity contribution in [3.05, 3.63) is 34.4 Å². The molecule has 2 rings (SSSR count). The maximum Gasteiger partial charge on any atom is 0.224 e. The molecular formula is C14H14BrN5O. The minimum atomic E-state index is 0.477. The number of benzene rings is 1. The van der Waals surface area contributed by atoms with Crippen LogP contribution in [-0.2, 0) is 0 Å². The lowest BCUT2D eigenvalue weighted by atomic mass is 10.2. The van der Waals surface area contributed by atoms with E-state index in [1.807, 2.05) is 6.92 Å². The second-order valence-electron chi connectivity index (χ2n) is 4.04. The third-order valence-corrected chi connectivity index (χ3v) is 3.27. The largest absolute Gasteiger partial charge is 0.495 e. The third kappa shape index (κ3) is 3.41. The molecule has 0 atom stereocenters. The van der Waals surface area contributed by atoms with Crippen molar-refractivity contribution in [2.45, 2.75) is 6.92 Å². The smallest absolute Gasteiger partial charge is 0.224 e. The molecule has 0 saturated carbocycles. The average Bonchev–Trinajstić information content (AvgIpc) is 2.51. The fourth-order valence-corrected chi connectivity index (χ4v) is 2.03. The molecule has 0 unspecified atom stereocenters. The second-order valence-corrected chi connectivity index (χ2v) is 4.89. The van der Waals surface area contributed by atoms with Gasteiger partial charge in [-0.1, -0.05) is 6.07 Å². The maximum absolute atomic E-state index is 9.22. The van der Waals surface area contributed by atoms with Gasteiger partial charge in [-0.15, -0.1) is 0 Å². The van der Waals surface area contributed by atoms with Crippen LogP contribution in [0.1, 0.15) is 12.5 Å². The highest BCUT2D eigenvalue weighted by molar-refractivity contribution is 9.10. The summed E-state index contributed by atoms with van der Waals surface area (Å²) in [6.07, 6.45) is 1.65. The molecule has 0 radical (unpaired) electrons. The third-order valence-electron chi connectivity index (χ3n) is 2.69. The van der Waals surface area contributed by atoms with E-state index in [0.29, 0.717) is 33.2 Å². The van der Waals surface area contributed by atoms with Crippen LogP contribution < -0.4 is 15.4 Å². The molecule has 1 heterocycles. The molecule has 2 aromatic rings. The number of methoxy groups -OCH3 is 1. The number of anilines is 3. The predicted octanol–water partition coefficient (Wildman–Crippen LogP) is 3.29. The molecule has 6 nitrogen and oxygen atoms in total. The van der Waals surface area contributed by atoms with Crippen LogP contribution in [0.15, 0.2) is 28.9 Å². The SMILES string of the molecule is CCNc1ncc(Br)c(Nc2c(C#N)cccc2OC)n1. The normalized spacial score (nSPS) is 9.81. The van der Waals surface area contributed by atoms with Crippen molar-refractivity contribution in [3.63, 3.8) is 0 Å². The molecule has 0 bridgehead atoms. The Morgan fingerprint density at radius 3 is 2.90 bits per heavy atom. The van der Waals surface area contributed by atoms with E-state index >= 15 is 0 Å². The summed E-state index contributed by atoms with van der Waals surface area (Å²) in [5.41, 5.74) is 1.05. The van der Waals surface area contributed by atoms with Crippen molar-refractivity contribution in [2.75, 3.05) is 24.3 Å². The molecule has 0 spiro atoms. The molecule has 108 valence electrons. The zero-order valence-electron chi connectivity index (χ0n) is 11.6. The minimum Gasteiger partial charge on any atom is -0.495 e. The van der Waals surface area contributed by atoms with Crippen LogP contribution in [0.25, 0.3) is 0 Å². The number of ether oxygens (including phenoxy) is 1. The summed E-state index contributed by atoms with van der Waals surface area (Å²) in [6.45, 7) is 2.69. The van der Waals surface area contributed by atoms with Crippen molar-refractivity contribution < 1.29 is 4.74 Å². The number of nitrogens with zero attached hydrogens (tertiary/aromatic N) is 3. The monoisotopic (exact) mass is 347 g/mol. The summed E-state index contributed by atoms with van der Waals surface area (Å²) < 4.78 is 5.98. The first-order chi connectivity index (χ1) is 10.2. The van der Waals surface area contributed by atoms with Crippen LogP contribution in [-0.4, -0.2) is 23.6 Å². The van der Waals surface area contributed by atoms with E-state index < -0.39 is 0 Å². The van der Waals surface area contributed by atoms with Gasteiger partial charge >= 0.3 is 0 Å². The van der Waals surface area contributed by atoms with Gasteiger partial charge in [0.2, 0.25) is 5.95 Å². The van der Waals surface area contributed by atoms with Crippen molar-refractivity contribution in [2.24, 2.45) is 0 Å². The first-order valence-corrected chi connectivity index (χ1v) is 7.09. The molecule has 1 aromatic carbocycles. The van der Waals surface area contributed by atoms with Gasteiger partial charge in [-0.05, 0) is 35.0 Å². The van der Waals surface area contributed by atoms with E-state index in [0.717, 1.165) is 6.54 Å². The molecule has 0 fully saturated rings. The number of para-hydroxylation sites is 1. The summed E-state index contributed by atoms with van der Waals surface area (Å²) >= 11 is 3.39. The first kappa shape index (κ1) is 15.1. The number of rotatable bonds is 5. The van der Waals surface area contributed by atoms with Crippen molar-refractivity contribution in [3.8, 4) is 11.8 Å². The average molecular weight is 348 g/mol. The Morgan fingerprint density at radius 1 is 1.43 bits per heavy atom. The molecule has 0 aliphatic rings. The molecule has 0 saturated heterocycles. The van der Waals surface area contributed by atoms with E-state index in [-0.39, 0.29) is 0 Å². The zero-order chi connectivity index (χ0) is 15.2. The van der Waals surface area contributed by atoms with Gasteiger partial charge in [0.15, 0.2) is 5.82 Å². The van der Waals surface area contributed by atoms with Crippen LogP contribution in [0, 0.1) is 11.3 Å². The number of aromatic nitrogens is 2. The van der Waals surface area contributed by atoms with E-state index in [4.69, 9.17) is 4.74 Å². The van der Waals surface area contributed by atoms with Gasteiger partial charge in [0.05, 0.1) is 17.1 Å². The number of nitriles is 1. The molecule has 2 N–H and O–H groups in total. The standard InChI is InChI=1S/C14H14BrN5O/c1-3-17-14-18-8-10(15)13(20-14)19-12-9(7-16)5-4-6-11(12)21-2/h4-6,8H,3H2,1-2H3,(H2,17,18,19,20). The lowest BCUT2D eigenvalue weighted by Gasteiger charge is -2.13. The van der Waals surface area contributed by atoms with E-state index in [2.05, 4.69) is 42.6 Å². The van der Waals surface area contributed by atoms with E-state index in [1.54, 1.807) is 31.5 Å². The fourth-order valence-electron chi connectivity index (χ4n) is 1.74. The van der Waals surface area contributed by atoms with Crippen molar-refractivity contribution in [1.29, 1.82) is 5.26 Å². The van der Waals surface area contributed by atoms with Crippen molar-refractivity contribution in [1.82, 2.24) is 9.97 Å². The molecule has 21 heavy (non-hydrogen) atoms. The molecule has 0 amide bonds. The molecule has 0 aliphatic heterocycles. The second kappa shape index (κ2) is 6.90. The maximum atomic E-state index is 9.22. The highest BCUT2D eigenvalue weighted by Gasteiger charge is 2.12. The summed E-state index contributed by atoms with van der Waals surface area (Å²) in [5, 5.41) is 15.4. The highest BCUT2D eigenvalue weighted by Crippen LogP contribution is 2.32. The van der Waals surface area contributed by atoms with Gasteiger partial charge in [0, 0.05) is 12.7 Å². The fraction of sp³-hybridized carbons (Fsp3) is 0.214. The van der Waals surface area contributed by atoms with Gasteiger partial charge in [0.1, 0.15) is 17.5 Å². The van der Waals surface area contributed by atoms with Gasteiger partial charge in [-0.25, -0.2) is 4.98 Å². The van der Waals surface area contributed by atoms with Gasteiger partial charge in [-0.2, -0.15) is 10.2 Å². The van der Waals surface area contributed by atoms with Crippen LogP contribution in [0.5, 0.6) is 5.75 Å². The Hall–Kier alpha value is -2.33. The Kier molecular flexibility index (Phi) is 4.95. The van der Waals surface area contributed by atoms with Crippen LogP contribution in [0.3, 0.4) is 0 Å². The molecule has 7 heteroatoms. The number of halogens is 1. The lowest BCUT2D eigenvalue weighted by Crippen LogP contribution is -2.05. The Labute approximate surface area is 131 Å². The van der Waals surface area contributed by atoms with Crippen LogP contribution in [0.2, 0.25) is 0 Å². The van der Waals surface area contributed by atoms with E-state index in [1.165, 1.54) is 0 Å². The summed E-state index contributed by atoms with van der Waals surface area (Å²) in [4.78, 5) is 8.51. The Bertz CT molecular complexity index is 684. The van der Waals surface area contributed by atoms with Gasteiger partial charge in [0.25, 0.3) is 0 Å². The van der Waals surface area contributed by atoms with Gasteiger partial charge in [-0.3, -0.25) is 0 Å². The summed E-state index contributed by atoms with van der Waals surface area (Å²) in [7, 11) is 1.56. The lowest BCUT2D eigenvalue weighted by molar-refractivity contribution is 0.416. The first-order valence-electron chi connectivity index (χ1n) is 6.30. The van der Waals surface area contributed by atoms with Crippen LogP contribution >= 0.6 is 15.9 Å². The molecule has 0 aliphatic carbocycles. The van der Waals surface area contributed by atoms with Crippen molar-refractivity contribution >= 4 is 33.4 Å². The highest BCUT2D eigenvalue weighted by atomic mass is 79.9. The minimum absolute atomic E-state index is 0.477. The zero-order valence-corrected chi connectivity index (χ0v) is 13.2. The van der Waals surface area contributed by atoms with Gasteiger partial charge < -0.3 is 15.4 Å². The summed E-state index contributed by atoms with van der Waals surface area (Å²) in [5.74, 6) is 1.64. The number of hydrogen-bond acceptors (Lipinski definition) is 6. The number of hydrogen-bond donors (Lipinski definition) is 2. The topological polar surface area (TPSA) is 82.9 Å². The quantitative estimate of drug-likeness (QED) is 0.863. The predicted molar refractivity (Wildman–Crippen MR) is 84.9 cm³/mol. The van der Waals surface area contributed by atoms with E-state index in [9.17, 15) is 5.26 Å². The molecule has 1 aromatic heterocycles. The Balaban J connectivity index is 2.42. The summed E-state index contributed by atoms with van der Waals surface area (Å²) in [6, 6.07) is 7.39. The van der Waals surface area contributed by atoms with Crippen LogP contribution in [0.4, 0.5) is 17.5 Å². The number of nitrogens with one attached hydrogen (secondary N) is 2. The Morgan fingerprint density at radius 2 is 2.24 bits per heavy atom.